The average Bonchev–Trinajstić information content (AvgIpc) is 3.61. The fourth-order valence-corrected chi connectivity index (χ4v) is 11.2. The van der Waals surface area contributed by atoms with Crippen molar-refractivity contribution in [2.75, 3.05) is 13.2 Å². The first kappa shape index (κ1) is 43.7. The van der Waals surface area contributed by atoms with Gasteiger partial charge in [-0.05, 0) is 112 Å². The van der Waals surface area contributed by atoms with Gasteiger partial charge in [0.25, 0.3) is 11.1 Å². The summed E-state index contributed by atoms with van der Waals surface area (Å²) < 4.78 is 3.65. The summed E-state index contributed by atoms with van der Waals surface area (Å²) in [5.74, 6) is -1.25. The number of pyridine rings is 4. The van der Waals surface area contributed by atoms with Gasteiger partial charge in [0.15, 0.2) is 0 Å². The number of aliphatic hydroxyl groups is 2. The third-order valence-corrected chi connectivity index (χ3v) is 14.8. The van der Waals surface area contributed by atoms with E-state index >= 15 is 0 Å². The van der Waals surface area contributed by atoms with Gasteiger partial charge in [-0.25, -0.2) is 0 Å². The van der Waals surface area contributed by atoms with Crippen molar-refractivity contribution in [1.82, 2.24) is 39.5 Å². The molecule has 14 nitrogen and oxygen atoms in total. The van der Waals surface area contributed by atoms with Crippen LogP contribution in [0.5, 0.6) is 0 Å². The number of fused-ring (bicyclic) bond motifs is 8. The van der Waals surface area contributed by atoms with E-state index in [1.165, 1.54) is 0 Å². The summed E-state index contributed by atoms with van der Waals surface area (Å²) in [5.41, 5.74) is 5.16. The molecule has 14 heteroatoms. The Balaban J connectivity index is 0.000000162. The number of aliphatic hydroxyl groups excluding tert-OH is 2. The molecule has 0 radical (unpaired) electrons. The van der Waals surface area contributed by atoms with Gasteiger partial charge in [-0.2, -0.15) is 0 Å². The zero-order valence-electron chi connectivity index (χ0n) is 36.7. The average molecular weight is 869 g/mol. The number of hydrogen-bond acceptors (Lipinski definition) is 10. The van der Waals surface area contributed by atoms with Gasteiger partial charge in [-0.1, -0.05) is 24.3 Å². The number of aromatic nitrogens is 4. The molecule has 8 heterocycles. The van der Waals surface area contributed by atoms with Crippen molar-refractivity contribution in [3.63, 3.8) is 0 Å². The smallest absolute Gasteiger partial charge is 0.258 e. The lowest BCUT2D eigenvalue weighted by Gasteiger charge is -2.38. The van der Waals surface area contributed by atoms with E-state index in [-0.39, 0.29) is 84.2 Å². The molecule has 6 aliphatic rings. The minimum Gasteiger partial charge on any atom is -0.396 e. The Morgan fingerprint density at radius 1 is 0.625 bits per heavy atom. The van der Waals surface area contributed by atoms with Crippen molar-refractivity contribution in [2.24, 2.45) is 23.7 Å². The van der Waals surface area contributed by atoms with Crippen LogP contribution in [0.15, 0.2) is 95.1 Å². The molecule has 8 atom stereocenters. The molecular weight excluding hydrogens is 809 g/mol. The fraction of sp³-hybridized carbons (Fsp3) is 0.480. The van der Waals surface area contributed by atoms with Crippen LogP contribution in [0, 0.1) is 23.7 Å². The van der Waals surface area contributed by atoms with Crippen LogP contribution in [-0.4, -0.2) is 88.3 Å². The van der Waals surface area contributed by atoms with E-state index in [0.29, 0.717) is 37.3 Å². The minimum atomic E-state index is -0.395. The molecule has 2 aliphatic carbocycles. The Morgan fingerprint density at radius 3 is 1.34 bits per heavy atom. The third kappa shape index (κ3) is 8.10. The number of hydrogen-bond donors (Lipinski definition) is 4. The van der Waals surface area contributed by atoms with Crippen LogP contribution in [0.3, 0.4) is 0 Å². The zero-order chi connectivity index (χ0) is 44.5. The quantitative estimate of drug-likeness (QED) is 0.162. The highest BCUT2D eigenvalue weighted by atomic mass is 16.3. The van der Waals surface area contributed by atoms with Gasteiger partial charge >= 0.3 is 0 Å². The monoisotopic (exact) mass is 868 g/mol. The maximum absolute atomic E-state index is 13.5. The molecule has 4 aromatic rings. The molecule has 64 heavy (non-hydrogen) atoms. The molecule has 0 aromatic carbocycles. The predicted molar refractivity (Wildman–Crippen MR) is 243 cm³/mol. The van der Waals surface area contributed by atoms with Gasteiger partial charge in [-0.3, -0.25) is 38.9 Å². The number of carbonyl (C=O) groups is 2. The topological polar surface area (TPSA) is 175 Å². The van der Waals surface area contributed by atoms with Crippen LogP contribution < -0.4 is 21.8 Å². The van der Waals surface area contributed by atoms with Crippen LogP contribution in [0.1, 0.15) is 98.1 Å². The molecule has 10 rings (SSSR count). The predicted octanol–water partition coefficient (Wildman–Crippen LogP) is 4.22. The largest absolute Gasteiger partial charge is 0.396 e. The van der Waals surface area contributed by atoms with Crippen molar-refractivity contribution in [2.45, 2.75) is 115 Å². The normalized spacial score (nSPS) is 27.3. The number of nitrogens with one attached hydrogen (secondary N) is 2. The second-order valence-electron chi connectivity index (χ2n) is 18.4. The molecule has 0 spiro atoms. The molecule has 4 bridgehead atoms. The second-order valence-corrected chi connectivity index (χ2v) is 18.4. The van der Waals surface area contributed by atoms with Gasteiger partial charge in [0.2, 0.25) is 11.8 Å². The summed E-state index contributed by atoms with van der Waals surface area (Å²) in [4.78, 5) is 66.2. The Bertz CT molecular complexity index is 2330. The van der Waals surface area contributed by atoms with Crippen molar-refractivity contribution in [1.29, 1.82) is 0 Å². The van der Waals surface area contributed by atoms with Crippen molar-refractivity contribution < 1.29 is 19.8 Å². The molecule has 2 amide bonds. The molecule has 4 fully saturated rings. The van der Waals surface area contributed by atoms with Crippen molar-refractivity contribution in [3.8, 4) is 0 Å². The first-order valence-electron chi connectivity index (χ1n) is 23.1. The lowest BCUT2D eigenvalue weighted by atomic mass is 9.85. The van der Waals surface area contributed by atoms with E-state index < -0.39 is 11.8 Å². The second kappa shape index (κ2) is 18.9. The maximum Gasteiger partial charge on any atom is 0.258 e. The van der Waals surface area contributed by atoms with Crippen LogP contribution in [0.4, 0.5) is 0 Å². The van der Waals surface area contributed by atoms with E-state index in [1.54, 1.807) is 24.8 Å². The molecule has 4 aromatic heterocycles. The molecule has 4 N–H and O–H groups in total. The standard InChI is InChI=1S/2C25H30N4O3/c2*1-2-4-17-7-8-20-23-22(24(31)27-18-5-3-6-18)19(15-30)21(14-29(20)25(17)32)28(23)13-16-9-11-26-12-10-16/h2*2,4,7-12,18-19,21-23,30H,3,5-6,13-15H2,1H3,(H,27,31)/b4-2+;4-2-/t2*19-,21-,22+,23+/m11/s1. The van der Waals surface area contributed by atoms with Crippen molar-refractivity contribution in [3.05, 3.63) is 140 Å². The summed E-state index contributed by atoms with van der Waals surface area (Å²) in [7, 11) is 0. The summed E-state index contributed by atoms with van der Waals surface area (Å²) in [6.45, 7) is 5.86. The van der Waals surface area contributed by atoms with E-state index in [4.69, 9.17) is 0 Å². The highest BCUT2D eigenvalue weighted by molar-refractivity contribution is 5.82. The lowest BCUT2D eigenvalue weighted by Crippen LogP contribution is -2.47. The Hall–Kier alpha value is -5.54. The summed E-state index contributed by atoms with van der Waals surface area (Å²) >= 11 is 0. The number of carbonyl (C=O) groups excluding carboxylic acids is 2. The number of nitrogens with zero attached hydrogens (tertiary/aromatic N) is 6. The van der Waals surface area contributed by atoms with E-state index in [0.717, 1.165) is 61.0 Å². The number of amides is 2. The third-order valence-electron chi connectivity index (χ3n) is 14.8. The van der Waals surface area contributed by atoms with Crippen LogP contribution in [-0.2, 0) is 35.8 Å². The van der Waals surface area contributed by atoms with Crippen LogP contribution >= 0.6 is 0 Å². The minimum absolute atomic E-state index is 0.000548. The van der Waals surface area contributed by atoms with Gasteiger partial charge in [0, 0.05) is 123 Å². The highest BCUT2D eigenvalue weighted by Gasteiger charge is 2.57. The zero-order valence-corrected chi connectivity index (χ0v) is 36.7. The molecule has 2 saturated carbocycles. The van der Waals surface area contributed by atoms with E-state index in [9.17, 15) is 29.4 Å². The highest BCUT2D eigenvalue weighted by Crippen LogP contribution is 2.50. The van der Waals surface area contributed by atoms with Gasteiger partial charge in [-0.15, -0.1) is 0 Å². The number of allylic oxidation sites excluding steroid dienone is 2. The molecule has 0 unspecified atom stereocenters. The SMILES string of the molecule is C/C=C/c1ccc2n(c1=O)C[C@@H]1[C@@H](CO)[C@H](C(=O)NC3CCC3)[C@H]2N1Cc1ccncc1.C/C=C\c1ccc2n(c1=O)C[C@@H]1[C@@H](CO)[C@H](C(=O)NC3CCC3)[C@H]2N1Cc1ccncc1. The first-order chi connectivity index (χ1) is 31.2. The fourth-order valence-electron chi connectivity index (χ4n) is 11.2. The number of rotatable bonds is 12. The molecule has 336 valence electrons. The van der Waals surface area contributed by atoms with Gasteiger partial charge in [0.05, 0.1) is 23.9 Å². The Labute approximate surface area is 373 Å². The summed E-state index contributed by atoms with van der Waals surface area (Å²) in [5, 5.41) is 27.2. The summed E-state index contributed by atoms with van der Waals surface area (Å²) in [6, 6.07) is 15.4. The van der Waals surface area contributed by atoms with Crippen LogP contribution in [0.2, 0.25) is 0 Å². The van der Waals surface area contributed by atoms with Gasteiger partial charge in [0.1, 0.15) is 0 Å². The lowest BCUT2D eigenvalue weighted by molar-refractivity contribution is -0.129. The van der Waals surface area contributed by atoms with E-state index in [1.807, 2.05) is 95.8 Å². The van der Waals surface area contributed by atoms with E-state index in [2.05, 4.69) is 30.4 Å². The Morgan fingerprint density at radius 2 is 1.02 bits per heavy atom. The maximum atomic E-state index is 13.5. The van der Waals surface area contributed by atoms with Crippen LogP contribution in [0.25, 0.3) is 12.2 Å². The molecule has 2 saturated heterocycles. The molecule has 4 aliphatic heterocycles. The Kier molecular flexibility index (Phi) is 12.9. The van der Waals surface area contributed by atoms with Crippen molar-refractivity contribution >= 4 is 24.0 Å². The summed E-state index contributed by atoms with van der Waals surface area (Å²) in [6.07, 6.45) is 20.8. The first-order valence-corrected chi connectivity index (χ1v) is 23.1. The van der Waals surface area contributed by atoms with Gasteiger partial charge < -0.3 is 30.0 Å². The molecular formula is C50H60N8O6.